The van der Waals surface area contributed by atoms with E-state index in [0.717, 1.165) is 0 Å². The van der Waals surface area contributed by atoms with Gasteiger partial charge >= 0.3 is 46.1 Å². The summed E-state index contributed by atoms with van der Waals surface area (Å²) in [5.41, 5.74) is 0. The molecule has 0 saturated carbocycles. The predicted octanol–water partition coefficient (Wildman–Crippen LogP) is -7.35. The van der Waals surface area contributed by atoms with Gasteiger partial charge in [0.25, 0.3) is 0 Å². The molecular weight excluding hydrogens is 136 g/mol. The smallest absolute Gasteiger partial charge is 1.00 e. The molecule has 0 spiro atoms. The number of rotatable bonds is 0. The second-order valence-corrected chi connectivity index (χ2v) is 0. The number of hydrogen-bond acceptors (Lipinski definition) is 0. The molecule has 5 heavy (non-hydrogen) atoms. The average Bonchev–Trinajstić information content (AvgIpc) is 0. The molecule has 5 heteroatoms. The van der Waals surface area contributed by atoms with E-state index in [0.29, 0.717) is 0 Å². The van der Waals surface area contributed by atoms with E-state index in [1.54, 1.807) is 0 Å². The van der Waals surface area contributed by atoms with Crippen molar-refractivity contribution in [3.05, 3.63) is 0 Å². The van der Waals surface area contributed by atoms with Crippen LogP contribution in [0.3, 0.4) is 0 Å². The first kappa shape index (κ1) is 60.7. The molecule has 1 nitrogen and oxygen atoms in total. The molecule has 28 valence electrons. The first-order valence-electron chi connectivity index (χ1n) is 0. The van der Waals surface area contributed by atoms with Gasteiger partial charge in [-0.2, -0.15) is 0 Å². The summed E-state index contributed by atoms with van der Waals surface area (Å²) in [4.78, 5) is 0. The number of halogens is 2. The van der Waals surface area contributed by atoms with E-state index in [1.165, 1.54) is 0 Å². The van der Waals surface area contributed by atoms with Crippen LogP contribution in [0.15, 0.2) is 0 Å². The summed E-state index contributed by atoms with van der Waals surface area (Å²) in [5, 5.41) is 0. The molecule has 0 bridgehead atoms. The Balaban J connectivity index is 0. The summed E-state index contributed by atoms with van der Waals surface area (Å²) in [6.45, 7) is 0. The van der Waals surface area contributed by atoms with E-state index < -0.39 is 0 Å². The van der Waals surface area contributed by atoms with Crippen molar-refractivity contribution >= 4 is 46.1 Å². The molecule has 0 atom stereocenters. The van der Waals surface area contributed by atoms with Gasteiger partial charge in [-0.1, -0.05) is 0 Å². The Kier molecular flexibility index (Phi) is 442. The van der Waals surface area contributed by atoms with Crippen molar-refractivity contribution in [3.63, 3.8) is 0 Å². The predicted molar refractivity (Wildman–Crippen MR) is 17.3 cm³/mol. The van der Waals surface area contributed by atoms with Crippen LogP contribution >= 0.6 is 0 Å². The molecule has 0 radical (unpaired) electrons. The van der Waals surface area contributed by atoms with Crippen molar-refractivity contribution in [2.45, 2.75) is 0 Å². The molecule has 0 aromatic carbocycles. The van der Waals surface area contributed by atoms with Crippen LogP contribution < -0.4 is 24.8 Å². The van der Waals surface area contributed by atoms with Crippen LogP contribution in [0.25, 0.3) is 0 Å². The molecule has 0 aromatic rings. The summed E-state index contributed by atoms with van der Waals surface area (Å²) < 4.78 is 0. The van der Waals surface area contributed by atoms with Crippen molar-refractivity contribution in [1.29, 1.82) is 0 Å². The summed E-state index contributed by atoms with van der Waals surface area (Å²) in [6, 6.07) is 0. The third kappa shape index (κ3) is 23.4. The van der Waals surface area contributed by atoms with Crippen LogP contribution in [0, 0.1) is 0 Å². The normalized spacial score (nSPS) is 0. The Morgan fingerprint density at radius 2 is 0.800 bits per heavy atom. The molecular formula is H4Cl2Mg2O. The van der Waals surface area contributed by atoms with Gasteiger partial charge in [-0.15, -0.1) is 0 Å². The zero-order chi connectivity index (χ0) is 0. The van der Waals surface area contributed by atoms with Gasteiger partial charge in [0.05, 0.1) is 0 Å². The SMILES string of the molecule is O.[Cl-].[Cl-].[H-].[H-].[Mg+2].[Mg+2]. The maximum atomic E-state index is 0. The third-order valence-electron chi connectivity index (χ3n) is 0. The van der Waals surface area contributed by atoms with Crippen LogP contribution in [0.2, 0.25) is 0 Å². The van der Waals surface area contributed by atoms with Crippen molar-refractivity contribution in [3.8, 4) is 0 Å². The zero-order valence-electron chi connectivity index (χ0n) is 4.67. The molecule has 0 rings (SSSR count). The molecule has 0 aliphatic carbocycles. The maximum Gasteiger partial charge on any atom is 2.00 e. The Labute approximate surface area is 78.7 Å². The minimum atomic E-state index is 0. The van der Waals surface area contributed by atoms with Gasteiger partial charge < -0.3 is 33.1 Å². The van der Waals surface area contributed by atoms with Gasteiger partial charge in [0.1, 0.15) is 0 Å². The van der Waals surface area contributed by atoms with Crippen LogP contribution in [0.5, 0.6) is 0 Å². The van der Waals surface area contributed by atoms with E-state index in [-0.39, 0.29) is 79.2 Å². The van der Waals surface area contributed by atoms with E-state index in [1.807, 2.05) is 0 Å². The van der Waals surface area contributed by atoms with Crippen molar-refractivity contribution in [2.75, 3.05) is 0 Å². The standard InChI is InChI=1S/2ClH.2Mg.H2O.2H/h2*1H;;;1H2;;/q;;2*+2;;2*-1/p-2. The zero-order valence-corrected chi connectivity index (χ0v) is 7.01. The molecule has 0 fully saturated rings. The second kappa shape index (κ2) is 36.4. The summed E-state index contributed by atoms with van der Waals surface area (Å²) in [6.07, 6.45) is 0. The Bertz CT molecular complexity index is 13.7. The van der Waals surface area contributed by atoms with Gasteiger partial charge in [0, 0.05) is 0 Å². The van der Waals surface area contributed by atoms with Crippen molar-refractivity contribution in [1.82, 2.24) is 0 Å². The summed E-state index contributed by atoms with van der Waals surface area (Å²) >= 11 is 0. The quantitative estimate of drug-likeness (QED) is 0.299. The van der Waals surface area contributed by atoms with E-state index in [2.05, 4.69) is 0 Å². The fraction of sp³-hybridized carbons (Fsp3) is 0. The Morgan fingerprint density at radius 1 is 0.800 bits per heavy atom. The molecule has 0 aliphatic rings. The minimum Gasteiger partial charge on any atom is -1.00 e. The summed E-state index contributed by atoms with van der Waals surface area (Å²) in [7, 11) is 0. The molecule has 0 aromatic heterocycles. The molecule has 0 saturated heterocycles. The fourth-order valence-corrected chi connectivity index (χ4v) is 0. The Hall–Kier alpha value is 2.07. The number of hydrogen-bond donors (Lipinski definition) is 0. The third-order valence-corrected chi connectivity index (χ3v) is 0. The van der Waals surface area contributed by atoms with Crippen LogP contribution in [-0.2, 0) is 0 Å². The van der Waals surface area contributed by atoms with Gasteiger partial charge in [-0.05, 0) is 0 Å². The largest absolute Gasteiger partial charge is 2.00 e. The van der Waals surface area contributed by atoms with E-state index in [4.69, 9.17) is 0 Å². The first-order valence-corrected chi connectivity index (χ1v) is 0. The molecule has 0 amide bonds. The topological polar surface area (TPSA) is 31.5 Å². The molecule has 0 heterocycles. The van der Waals surface area contributed by atoms with Gasteiger partial charge in [-0.3, -0.25) is 0 Å². The maximum absolute atomic E-state index is 0. The molecule has 2 N–H and O–H groups in total. The van der Waals surface area contributed by atoms with Crippen LogP contribution in [-0.4, -0.2) is 51.6 Å². The Morgan fingerprint density at radius 3 is 0.800 bits per heavy atom. The van der Waals surface area contributed by atoms with Gasteiger partial charge in [-0.25, -0.2) is 0 Å². The van der Waals surface area contributed by atoms with Crippen molar-refractivity contribution in [2.24, 2.45) is 0 Å². The van der Waals surface area contributed by atoms with Crippen LogP contribution in [0.1, 0.15) is 2.85 Å². The minimum absolute atomic E-state index is 0. The molecule has 0 aliphatic heterocycles. The second-order valence-electron chi connectivity index (χ2n) is 0. The van der Waals surface area contributed by atoms with Crippen molar-refractivity contribution < 1.29 is 33.1 Å². The monoisotopic (exact) mass is 138 g/mol. The van der Waals surface area contributed by atoms with Gasteiger partial charge in [0.2, 0.25) is 0 Å². The first-order chi connectivity index (χ1) is 0. The fourth-order valence-electron chi connectivity index (χ4n) is 0. The molecule has 0 unspecified atom stereocenters. The van der Waals surface area contributed by atoms with Gasteiger partial charge in [0.15, 0.2) is 0 Å². The van der Waals surface area contributed by atoms with E-state index >= 15 is 0 Å². The van der Waals surface area contributed by atoms with Crippen LogP contribution in [0.4, 0.5) is 0 Å². The average molecular weight is 140 g/mol. The van der Waals surface area contributed by atoms with E-state index in [9.17, 15) is 0 Å². The summed E-state index contributed by atoms with van der Waals surface area (Å²) in [5.74, 6) is 0.